The van der Waals surface area contributed by atoms with Gasteiger partial charge in [0.2, 0.25) is 0 Å². The fraction of sp³-hybridized carbons (Fsp3) is 0.440. The largest absolute Gasteiger partial charge is 0.486 e. The van der Waals surface area contributed by atoms with Crippen LogP contribution in [0.3, 0.4) is 0 Å². The number of para-hydroxylation sites is 1. The molecule has 4 atom stereocenters. The topological polar surface area (TPSA) is 58.5 Å². The number of ether oxygens (including phenoxy) is 1. The first-order valence-corrected chi connectivity index (χ1v) is 10.9. The monoisotopic (exact) mass is 403 g/mol. The summed E-state index contributed by atoms with van der Waals surface area (Å²) in [5.41, 5.74) is 4.17. The summed E-state index contributed by atoms with van der Waals surface area (Å²) < 4.78 is 6.23. The third-order valence-electron chi connectivity index (χ3n) is 6.77. The second-order valence-electron chi connectivity index (χ2n) is 8.97. The first kappa shape index (κ1) is 19.3. The Kier molecular flexibility index (Phi) is 4.86. The number of anilines is 1. The Balaban J connectivity index is 1.33. The molecule has 0 amide bonds. The first-order valence-electron chi connectivity index (χ1n) is 10.9. The number of nitrogens with zero attached hydrogens (tertiary/aromatic N) is 3. The van der Waals surface area contributed by atoms with Crippen molar-refractivity contribution >= 4 is 16.7 Å². The molecule has 2 aromatic heterocycles. The number of aryl methyl sites for hydroxylation is 3. The lowest BCUT2D eigenvalue weighted by Gasteiger charge is -2.35. The van der Waals surface area contributed by atoms with Gasteiger partial charge < -0.3 is 14.7 Å². The molecule has 2 aliphatic rings. The van der Waals surface area contributed by atoms with E-state index in [1.165, 1.54) is 10.9 Å². The average molecular weight is 404 g/mol. The Morgan fingerprint density at radius 1 is 0.967 bits per heavy atom. The molecule has 3 heterocycles. The molecule has 5 nitrogen and oxygen atoms in total. The van der Waals surface area contributed by atoms with E-state index in [4.69, 9.17) is 9.72 Å². The van der Waals surface area contributed by atoms with Gasteiger partial charge in [-0.1, -0.05) is 18.2 Å². The van der Waals surface area contributed by atoms with Crippen molar-refractivity contribution in [3.05, 3.63) is 59.4 Å². The van der Waals surface area contributed by atoms with E-state index in [0.29, 0.717) is 11.8 Å². The van der Waals surface area contributed by atoms with Crippen LogP contribution in [0.5, 0.6) is 5.75 Å². The number of aromatic nitrogens is 2. The molecule has 5 heteroatoms. The zero-order valence-electron chi connectivity index (χ0n) is 17.9. The number of pyridine rings is 2. The molecule has 1 saturated carbocycles. The van der Waals surface area contributed by atoms with E-state index in [2.05, 4.69) is 41.1 Å². The Labute approximate surface area is 177 Å². The maximum absolute atomic E-state index is 10.8. The second kappa shape index (κ2) is 7.55. The van der Waals surface area contributed by atoms with Gasteiger partial charge in [0, 0.05) is 24.2 Å². The average Bonchev–Trinajstić information content (AvgIpc) is 3.13. The fourth-order valence-corrected chi connectivity index (χ4v) is 5.16. The van der Waals surface area contributed by atoms with Crippen LogP contribution in [0.4, 0.5) is 5.82 Å². The highest BCUT2D eigenvalue weighted by Crippen LogP contribution is 2.40. The summed E-state index contributed by atoms with van der Waals surface area (Å²) in [6.07, 6.45) is 1.01. The minimum absolute atomic E-state index is 0.180. The minimum atomic E-state index is -0.446. The van der Waals surface area contributed by atoms with Gasteiger partial charge >= 0.3 is 0 Å². The van der Waals surface area contributed by atoms with Gasteiger partial charge in [-0.25, -0.2) is 4.98 Å². The van der Waals surface area contributed by atoms with Crippen molar-refractivity contribution in [3.63, 3.8) is 0 Å². The van der Waals surface area contributed by atoms with Crippen LogP contribution >= 0.6 is 0 Å². The van der Waals surface area contributed by atoms with E-state index in [1.54, 1.807) is 0 Å². The van der Waals surface area contributed by atoms with Crippen molar-refractivity contribution in [3.8, 4) is 5.75 Å². The predicted molar refractivity (Wildman–Crippen MR) is 119 cm³/mol. The molecule has 1 aliphatic carbocycles. The van der Waals surface area contributed by atoms with Crippen LogP contribution < -0.4 is 9.64 Å². The van der Waals surface area contributed by atoms with Gasteiger partial charge in [0.15, 0.2) is 0 Å². The van der Waals surface area contributed by atoms with Gasteiger partial charge in [0.25, 0.3) is 0 Å². The van der Waals surface area contributed by atoms with Gasteiger partial charge in [-0.05, 0) is 75.3 Å². The zero-order chi connectivity index (χ0) is 20.8. The number of aliphatic hydroxyl groups is 1. The number of rotatable bonds is 3. The van der Waals surface area contributed by atoms with E-state index in [-0.39, 0.29) is 6.10 Å². The first-order chi connectivity index (χ1) is 14.5. The van der Waals surface area contributed by atoms with Crippen LogP contribution in [0, 0.1) is 32.6 Å². The summed E-state index contributed by atoms with van der Waals surface area (Å²) in [6.45, 7) is 8.01. The third kappa shape index (κ3) is 3.52. The molecule has 156 valence electrons. The Morgan fingerprint density at radius 2 is 1.73 bits per heavy atom. The maximum atomic E-state index is 10.8. The standard InChI is InChI=1S/C25H29N3O2/c1-15-10-25(27-21-7-5-4-6-20(15)21)28-13-18-11-22(29)24(12-19(18)14-28)30-23-9-8-16(2)26-17(23)3/h4-10,18-19,22,24,29H,11-14H2,1-3H3/t18-,19+,22+,24+/m0/s1. The fourth-order valence-electron chi connectivity index (χ4n) is 5.16. The lowest BCUT2D eigenvalue weighted by atomic mass is 9.78. The zero-order valence-corrected chi connectivity index (χ0v) is 17.9. The van der Waals surface area contributed by atoms with Gasteiger partial charge in [-0.3, -0.25) is 4.98 Å². The van der Waals surface area contributed by atoms with Gasteiger partial charge in [0.05, 0.1) is 17.3 Å². The summed E-state index contributed by atoms with van der Waals surface area (Å²) >= 11 is 0. The van der Waals surface area contributed by atoms with Gasteiger partial charge in [0.1, 0.15) is 17.7 Å². The quantitative estimate of drug-likeness (QED) is 0.710. The highest BCUT2D eigenvalue weighted by Gasteiger charge is 2.43. The van der Waals surface area contributed by atoms with Crippen molar-refractivity contribution in [2.75, 3.05) is 18.0 Å². The molecular weight excluding hydrogens is 374 g/mol. The van der Waals surface area contributed by atoms with Crippen LogP contribution in [0.1, 0.15) is 29.8 Å². The molecule has 2 fully saturated rings. The second-order valence-corrected chi connectivity index (χ2v) is 8.97. The molecule has 1 aromatic carbocycles. The normalized spacial score (nSPS) is 26.1. The lowest BCUT2D eigenvalue weighted by molar-refractivity contribution is -0.0236. The van der Waals surface area contributed by atoms with Crippen molar-refractivity contribution in [1.82, 2.24) is 9.97 Å². The molecule has 30 heavy (non-hydrogen) atoms. The highest BCUT2D eigenvalue weighted by atomic mass is 16.5. The summed E-state index contributed by atoms with van der Waals surface area (Å²) in [5.74, 6) is 2.81. The molecule has 0 radical (unpaired) electrons. The van der Waals surface area contributed by atoms with Gasteiger partial charge in [-0.2, -0.15) is 0 Å². The van der Waals surface area contributed by atoms with Crippen molar-refractivity contribution in [2.45, 2.75) is 45.8 Å². The number of hydrogen-bond acceptors (Lipinski definition) is 5. The summed E-state index contributed by atoms with van der Waals surface area (Å²) in [7, 11) is 0. The minimum Gasteiger partial charge on any atom is -0.486 e. The van der Waals surface area contributed by atoms with Crippen molar-refractivity contribution in [1.29, 1.82) is 0 Å². The Bertz CT molecular complexity index is 1080. The number of aliphatic hydroxyl groups excluding tert-OH is 1. The molecular formula is C25H29N3O2. The smallest absolute Gasteiger partial charge is 0.141 e. The van der Waals surface area contributed by atoms with Crippen LogP contribution in [0.25, 0.3) is 10.9 Å². The van der Waals surface area contributed by atoms with Crippen molar-refractivity contribution in [2.24, 2.45) is 11.8 Å². The number of benzene rings is 1. The number of hydrogen-bond donors (Lipinski definition) is 1. The van der Waals surface area contributed by atoms with Crippen LogP contribution in [0.15, 0.2) is 42.5 Å². The van der Waals surface area contributed by atoms with E-state index < -0.39 is 6.10 Å². The summed E-state index contributed by atoms with van der Waals surface area (Å²) in [6, 6.07) is 14.5. The molecule has 0 unspecified atom stereocenters. The van der Waals surface area contributed by atoms with E-state index in [0.717, 1.165) is 54.4 Å². The highest BCUT2D eigenvalue weighted by molar-refractivity contribution is 5.83. The third-order valence-corrected chi connectivity index (χ3v) is 6.77. The molecule has 0 bridgehead atoms. The maximum Gasteiger partial charge on any atom is 0.141 e. The summed E-state index contributed by atoms with van der Waals surface area (Å²) in [5, 5.41) is 12.0. The van der Waals surface area contributed by atoms with Crippen LogP contribution in [-0.4, -0.2) is 40.4 Å². The van der Waals surface area contributed by atoms with E-state index in [1.807, 2.05) is 32.0 Å². The van der Waals surface area contributed by atoms with Crippen LogP contribution in [0.2, 0.25) is 0 Å². The molecule has 5 rings (SSSR count). The molecule has 0 spiro atoms. The van der Waals surface area contributed by atoms with Crippen molar-refractivity contribution < 1.29 is 9.84 Å². The van der Waals surface area contributed by atoms with Gasteiger partial charge in [-0.15, -0.1) is 0 Å². The van der Waals surface area contributed by atoms with E-state index >= 15 is 0 Å². The van der Waals surface area contributed by atoms with E-state index in [9.17, 15) is 5.11 Å². The molecule has 1 N–H and O–H groups in total. The SMILES string of the molecule is Cc1ccc(O[C@@H]2C[C@@H]3CN(c4cc(C)c5ccccc5n4)C[C@@H]3C[C@H]2O)c(C)n1. The Hall–Kier alpha value is -2.66. The van der Waals surface area contributed by atoms with Crippen LogP contribution in [-0.2, 0) is 0 Å². The number of fused-ring (bicyclic) bond motifs is 2. The summed E-state index contributed by atoms with van der Waals surface area (Å²) in [4.78, 5) is 11.8. The molecule has 1 saturated heterocycles. The molecule has 1 aliphatic heterocycles. The lowest BCUT2D eigenvalue weighted by Crippen LogP contribution is -2.42. The Morgan fingerprint density at radius 3 is 2.53 bits per heavy atom. The predicted octanol–water partition coefficient (Wildman–Crippen LogP) is 4.21. The molecule has 3 aromatic rings.